The molecule has 86 heavy (non-hydrogen) atoms. The third kappa shape index (κ3) is 14.9. The van der Waals surface area contributed by atoms with Crippen LogP contribution in [0.4, 0.5) is 0 Å². The molecule has 3 aromatic rings. The highest BCUT2D eigenvalue weighted by Crippen LogP contribution is 2.43. The van der Waals surface area contributed by atoms with Gasteiger partial charge in [0.1, 0.15) is 111 Å². The second-order valence-corrected chi connectivity index (χ2v) is 19.4. The molecule has 30 nitrogen and oxygen atoms in total. The van der Waals surface area contributed by atoms with Crippen LogP contribution in [0, 0.1) is 0 Å². The molecule has 5 aliphatic rings. The lowest BCUT2D eigenvalue weighted by Crippen LogP contribution is -2.60. The number of phenolic OH excluding ortho intramolecular Hbond substituents is 3. The summed E-state index contributed by atoms with van der Waals surface area (Å²) in [5.74, 6) is -7.70. The Balaban J connectivity index is 1.06. The van der Waals surface area contributed by atoms with Crippen LogP contribution < -0.4 is 29.1 Å². The molecule has 0 spiro atoms. The standard InChI is InChI=1S/C56H58O30/c1-75-33-13-23(3-8-28(33)57)5-11-41(63)77-20-37-44(66)47(69)50(72)54(84-37)80-26-16-31(60)27-18-36(83-56-52(74)49(71)46(68)39(86-56)22-79-43(65)19-40(61)62)53(81-32(27)17-26)25-7-10-30(59)35(15-25)82-55-51(73)48(70)45(67)38(85-55)21-78-42(64)12-6-24-4-9-29(58)34(14-24)76-2/h3-18,37-39,44-52,54-59,66-74H,19-22H2,1-2H3,(H,61,62)/t37-,38-,39-,44-,45-,46-,47+,48+,49+,50-,51-,52-,54-,55-,56-/m1/s1. The van der Waals surface area contributed by atoms with E-state index in [4.69, 9.17) is 61.6 Å². The third-order valence-corrected chi connectivity index (χ3v) is 13.5. The first-order valence-electron chi connectivity index (χ1n) is 25.8. The summed E-state index contributed by atoms with van der Waals surface area (Å²) >= 11 is 0. The second-order valence-electron chi connectivity index (χ2n) is 19.4. The van der Waals surface area contributed by atoms with Crippen LogP contribution in [0.15, 0.2) is 94.2 Å². The molecular formula is C56H58O30. The van der Waals surface area contributed by atoms with Crippen molar-refractivity contribution in [3.05, 3.63) is 106 Å². The molecule has 3 fully saturated rings. The number of carbonyl (C=O) groups is 4. The second kappa shape index (κ2) is 27.6. The molecule has 4 heterocycles. The maximum absolute atomic E-state index is 14.0. The van der Waals surface area contributed by atoms with Gasteiger partial charge in [-0.3, -0.25) is 14.4 Å². The van der Waals surface area contributed by atoms with Crippen LogP contribution in [0.3, 0.4) is 0 Å². The lowest BCUT2D eigenvalue weighted by Gasteiger charge is -2.40. The summed E-state index contributed by atoms with van der Waals surface area (Å²) in [5.41, 5.74) is -0.539. The highest BCUT2D eigenvalue weighted by molar-refractivity contribution is 5.90. The van der Waals surface area contributed by atoms with Gasteiger partial charge in [-0.1, -0.05) is 12.1 Å². The zero-order valence-corrected chi connectivity index (χ0v) is 45.0. The largest absolute Gasteiger partial charge is 0.504 e. The minimum Gasteiger partial charge on any atom is -0.504 e. The Morgan fingerprint density at radius 3 is 1.42 bits per heavy atom. The van der Waals surface area contributed by atoms with Crippen LogP contribution in [0.2, 0.25) is 0 Å². The molecule has 4 aliphatic heterocycles. The first-order valence-corrected chi connectivity index (χ1v) is 25.8. The van der Waals surface area contributed by atoms with Crippen molar-refractivity contribution in [1.82, 2.24) is 0 Å². The fourth-order valence-corrected chi connectivity index (χ4v) is 8.80. The van der Waals surface area contributed by atoms with Gasteiger partial charge in [-0.15, -0.1) is 0 Å². The van der Waals surface area contributed by atoms with E-state index in [1.165, 1.54) is 68.8 Å². The summed E-state index contributed by atoms with van der Waals surface area (Å²) < 4.78 is 66.4. The fraction of sp³-hybridized carbons (Fsp3) is 0.375. The number of aromatic hydroxyl groups is 3. The van der Waals surface area contributed by atoms with Crippen LogP contribution in [-0.2, 0) is 47.6 Å². The minimum atomic E-state index is -2.12. The van der Waals surface area contributed by atoms with Crippen molar-refractivity contribution in [2.45, 2.75) is 98.5 Å². The number of hydrogen-bond donors (Lipinski definition) is 13. The van der Waals surface area contributed by atoms with E-state index in [1.807, 2.05) is 0 Å². The van der Waals surface area contributed by atoms with Crippen LogP contribution in [0.1, 0.15) is 17.5 Å². The average Bonchev–Trinajstić information content (AvgIpc) is 1.31. The van der Waals surface area contributed by atoms with Gasteiger partial charge in [0.2, 0.25) is 18.9 Å². The number of esters is 3. The number of aliphatic carboxylic acids is 1. The van der Waals surface area contributed by atoms with E-state index in [2.05, 4.69) is 0 Å². The maximum atomic E-state index is 14.0. The Bertz CT molecular complexity index is 3320. The van der Waals surface area contributed by atoms with E-state index in [0.29, 0.717) is 11.1 Å². The lowest BCUT2D eigenvalue weighted by atomic mass is 9.99. The Hall–Kier alpha value is -8.63. The molecule has 15 atom stereocenters. The van der Waals surface area contributed by atoms with Gasteiger partial charge in [0.15, 0.2) is 51.4 Å². The van der Waals surface area contributed by atoms with Gasteiger partial charge >= 0.3 is 23.9 Å². The number of ether oxygens (including phenoxy) is 11. The number of fused-ring (bicyclic) bond motifs is 1. The maximum Gasteiger partial charge on any atom is 0.330 e. The van der Waals surface area contributed by atoms with Crippen molar-refractivity contribution in [1.29, 1.82) is 0 Å². The molecule has 0 unspecified atom stereocenters. The number of rotatable bonds is 21. The van der Waals surface area contributed by atoms with Gasteiger partial charge in [0.05, 0.1) is 19.8 Å². The normalized spacial score (nSPS) is 27.5. The van der Waals surface area contributed by atoms with Crippen molar-refractivity contribution in [2.75, 3.05) is 34.0 Å². The van der Waals surface area contributed by atoms with E-state index in [-0.39, 0.29) is 39.9 Å². The van der Waals surface area contributed by atoms with Crippen molar-refractivity contribution in [3.8, 4) is 68.6 Å². The Morgan fingerprint density at radius 2 is 0.942 bits per heavy atom. The Morgan fingerprint density at radius 1 is 0.500 bits per heavy atom. The first kappa shape index (κ1) is 63.4. The Labute approximate surface area is 484 Å². The molecule has 8 rings (SSSR count). The summed E-state index contributed by atoms with van der Waals surface area (Å²) in [5, 5.41) is 138. The lowest BCUT2D eigenvalue weighted by molar-refractivity contribution is -0.278. The molecule has 0 saturated carbocycles. The van der Waals surface area contributed by atoms with Gasteiger partial charge < -0.3 is 123 Å². The summed E-state index contributed by atoms with van der Waals surface area (Å²) in [4.78, 5) is 62.5. The number of carboxylic acid groups (broad SMARTS) is 1. The highest BCUT2D eigenvalue weighted by Gasteiger charge is 2.49. The van der Waals surface area contributed by atoms with Crippen LogP contribution in [0.25, 0.3) is 34.8 Å². The monoisotopic (exact) mass is 1210 g/mol. The Kier molecular flexibility index (Phi) is 20.3. The zero-order valence-electron chi connectivity index (χ0n) is 45.0. The van der Waals surface area contributed by atoms with E-state index < -0.39 is 176 Å². The molecular weight excluding hydrogens is 1150 g/mol. The van der Waals surface area contributed by atoms with Crippen molar-refractivity contribution in [3.63, 3.8) is 0 Å². The number of hydrogen-bond acceptors (Lipinski definition) is 29. The molecule has 13 N–H and O–H groups in total. The molecule has 3 aromatic carbocycles. The number of methoxy groups -OCH3 is 2. The summed E-state index contributed by atoms with van der Waals surface area (Å²) in [7, 11) is 2.65. The van der Waals surface area contributed by atoms with Crippen molar-refractivity contribution < 1.29 is 142 Å². The third-order valence-electron chi connectivity index (χ3n) is 13.5. The van der Waals surface area contributed by atoms with Gasteiger partial charge in [0.25, 0.3) is 0 Å². The number of aliphatic hydroxyl groups is 9. The number of carbonyl (C=O) groups excluding carboxylic acids is 3. The number of carboxylic acids is 1. The molecule has 462 valence electrons. The summed E-state index contributed by atoms with van der Waals surface area (Å²) in [6.07, 6.45) is -25.0. The quantitative estimate of drug-likeness (QED) is 0.0175. The molecule has 30 heteroatoms. The molecule has 0 bridgehead atoms. The molecule has 0 amide bonds. The molecule has 0 radical (unpaired) electrons. The van der Waals surface area contributed by atoms with E-state index >= 15 is 0 Å². The van der Waals surface area contributed by atoms with Gasteiger partial charge in [0, 0.05) is 29.8 Å². The van der Waals surface area contributed by atoms with Gasteiger partial charge in [-0.2, -0.15) is 0 Å². The predicted molar refractivity (Wildman–Crippen MR) is 283 cm³/mol. The summed E-state index contributed by atoms with van der Waals surface area (Å²) in [6.45, 7) is -2.29. The number of benzene rings is 4. The minimum absolute atomic E-state index is 0.118. The fourth-order valence-electron chi connectivity index (χ4n) is 8.80. The van der Waals surface area contributed by atoms with Crippen LogP contribution in [-0.4, -0.2) is 216 Å². The topological polar surface area (TPSA) is 463 Å². The van der Waals surface area contributed by atoms with E-state index in [9.17, 15) is 85.3 Å². The number of phenols is 3. The molecule has 3 saturated heterocycles. The predicted octanol–water partition coefficient (Wildman–Crippen LogP) is -1.36. The van der Waals surface area contributed by atoms with Crippen molar-refractivity contribution in [2.24, 2.45) is 0 Å². The SMILES string of the molecule is COc1cc(C=CC(=O)OC[C@H]2O[C@@H](Oc3cc4oc(-c5ccc(O)c(O[C@@H]6O[C@H](COC(=O)C=Cc7ccc(O)c(OC)c7)[C@@H](O)[C@H](O)[C@H]6O)c5)c(O[C@@H]5O[C@H](COC(=O)CC(=O)O)[C@@H](O)[C@H](O)[C@H]5O)cc-4c(=O)c3)[C@H](O)[C@@H](O)[C@@H]2O)ccc1O. The van der Waals surface area contributed by atoms with Gasteiger partial charge in [-0.05, 0) is 71.8 Å². The smallest absolute Gasteiger partial charge is 0.330 e. The average molecular weight is 1210 g/mol. The highest BCUT2D eigenvalue weighted by atomic mass is 16.7. The number of aliphatic hydroxyl groups excluding tert-OH is 9. The van der Waals surface area contributed by atoms with E-state index in [1.54, 1.807) is 0 Å². The summed E-state index contributed by atoms with van der Waals surface area (Å²) in [6, 6.07) is 14.7. The van der Waals surface area contributed by atoms with Gasteiger partial charge in [-0.25, -0.2) is 9.59 Å². The molecule has 0 aromatic heterocycles. The zero-order chi connectivity index (χ0) is 62.3. The molecule has 1 aliphatic carbocycles. The van der Waals surface area contributed by atoms with Crippen molar-refractivity contribution >= 4 is 36.0 Å². The van der Waals surface area contributed by atoms with E-state index in [0.717, 1.165) is 42.5 Å². The van der Waals surface area contributed by atoms with Crippen LogP contribution in [0.5, 0.6) is 46.0 Å². The van der Waals surface area contributed by atoms with Crippen LogP contribution >= 0.6 is 0 Å². The first-order chi connectivity index (χ1) is 40.9.